The van der Waals surface area contributed by atoms with Crippen molar-refractivity contribution in [2.45, 2.75) is 13.8 Å². The number of rotatable bonds is 1. The van der Waals surface area contributed by atoms with Gasteiger partial charge in [-0.2, -0.15) is 4.98 Å². The summed E-state index contributed by atoms with van der Waals surface area (Å²) < 4.78 is 5.72. The molecule has 0 aliphatic rings. The van der Waals surface area contributed by atoms with Gasteiger partial charge in [-0.25, -0.2) is 0 Å². The minimum atomic E-state index is -0.0405. The van der Waals surface area contributed by atoms with E-state index in [9.17, 15) is 5.11 Å². The maximum absolute atomic E-state index is 11.8. The van der Waals surface area contributed by atoms with Crippen molar-refractivity contribution in [3.8, 4) is 17.2 Å². The molecule has 4 heteroatoms. The van der Waals surface area contributed by atoms with E-state index in [-0.39, 0.29) is 24.6 Å². The van der Waals surface area contributed by atoms with Crippen LogP contribution in [0.1, 0.15) is 11.1 Å². The van der Waals surface area contributed by atoms with Crippen molar-refractivity contribution in [2.75, 3.05) is 0 Å². The number of hydrogen-bond donors (Lipinski definition) is 0. The van der Waals surface area contributed by atoms with Gasteiger partial charge in [-0.1, -0.05) is 23.9 Å². The molecule has 0 atom stereocenters. The standard InChI is InChI=1S/C15H13NO2.Li/c1-9-7-12-14(8-10(9)2)18-15(16-12)11-5-3-4-6-13(11)17;/h3-8,17H,1-2H3;/q;+1. The Morgan fingerprint density at radius 2 is 1.74 bits per heavy atom. The Hall–Kier alpha value is -1.69. The Morgan fingerprint density at radius 1 is 1.05 bits per heavy atom. The maximum atomic E-state index is 11.8. The number of oxazole rings is 1. The van der Waals surface area contributed by atoms with E-state index in [4.69, 9.17) is 4.42 Å². The van der Waals surface area contributed by atoms with Crippen molar-refractivity contribution in [3.63, 3.8) is 0 Å². The van der Waals surface area contributed by atoms with Crippen LogP contribution in [0.15, 0.2) is 40.8 Å². The predicted octanol–water partition coefficient (Wildman–Crippen LogP) is -0.392. The SMILES string of the molecule is Cc1cc2[nH+]c(-c3ccccc3[O-])oc2cc1C.[Li+]. The first-order valence-corrected chi connectivity index (χ1v) is 5.84. The summed E-state index contributed by atoms with van der Waals surface area (Å²) >= 11 is 0. The van der Waals surface area contributed by atoms with Gasteiger partial charge in [-0.3, -0.25) is 0 Å². The Balaban J connectivity index is 0.00000133. The Morgan fingerprint density at radius 3 is 2.47 bits per heavy atom. The molecule has 0 radical (unpaired) electrons. The molecule has 19 heavy (non-hydrogen) atoms. The normalized spacial score (nSPS) is 10.4. The van der Waals surface area contributed by atoms with Crippen LogP contribution in [0.25, 0.3) is 22.6 Å². The average Bonchev–Trinajstić information content (AvgIpc) is 2.73. The fourth-order valence-corrected chi connectivity index (χ4v) is 2.01. The first kappa shape index (κ1) is 13.7. The molecule has 3 aromatic rings. The number of nitrogens with one attached hydrogen (secondary N) is 1. The van der Waals surface area contributed by atoms with E-state index < -0.39 is 0 Å². The molecule has 1 aromatic heterocycles. The van der Waals surface area contributed by atoms with Crippen molar-refractivity contribution in [2.24, 2.45) is 0 Å². The summed E-state index contributed by atoms with van der Waals surface area (Å²) in [6, 6.07) is 10.9. The predicted molar refractivity (Wildman–Crippen MR) is 67.1 cm³/mol. The summed E-state index contributed by atoms with van der Waals surface area (Å²) in [6.07, 6.45) is 0. The second kappa shape index (κ2) is 5.12. The van der Waals surface area contributed by atoms with Crippen LogP contribution in [-0.4, -0.2) is 0 Å². The fraction of sp³-hybridized carbons (Fsp3) is 0.133. The van der Waals surface area contributed by atoms with Crippen molar-refractivity contribution in [1.82, 2.24) is 0 Å². The van der Waals surface area contributed by atoms with E-state index in [0.717, 1.165) is 11.1 Å². The number of hydrogen-bond acceptors (Lipinski definition) is 2. The van der Waals surface area contributed by atoms with Crippen LogP contribution in [0, 0.1) is 13.8 Å². The molecule has 2 aromatic carbocycles. The van der Waals surface area contributed by atoms with Gasteiger partial charge >= 0.3 is 24.8 Å². The minimum absolute atomic E-state index is 0. The van der Waals surface area contributed by atoms with E-state index in [1.165, 1.54) is 17.2 Å². The molecule has 0 saturated carbocycles. The summed E-state index contributed by atoms with van der Waals surface area (Å²) in [5, 5.41) is 11.8. The Kier molecular flexibility index (Phi) is 3.70. The van der Waals surface area contributed by atoms with E-state index >= 15 is 0 Å². The third-order valence-corrected chi connectivity index (χ3v) is 3.19. The molecule has 3 nitrogen and oxygen atoms in total. The first-order chi connectivity index (χ1) is 8.65. The zero-order chi connectivity index (χ0) is 12.7. The van der Waals surface area contributed by atoms with Gasteiger partial charge in [0, 0.05) is 6.07 Å². The maximum Gasteiger partial charge on any atom is 1.00 e. The van der Waals surface area contributed by atoms with Gasteiger partial charge in [0.2, 0.25) is 11.1 Å². The third-order valence-electron chi connectivity index (χ3n) is 3.19. The van der Waals surface area contributed by atoms with Crippen molar-refractivity contribution >= 4 is 11.1 Å². The van der Waals surface area contributed by atoms with Gasteiger partial charge in [-0.15, -0.1) is 0 Å². The van der Waals surface area contributed by atoms with E-state index in [2.05, 4.69) is 11.9 Å². The van der Waals surface area contributed by atoms with Gasteiger partial charge in [0.25, 0.3) is 0 Å². The number of benzene rings is 2. The van der Waals surface area contributed by atoms with Crippen LogP contribution >= 0.6 is 0 Å². The number of aryl methyl sites for hydroxylation is 2. The van der Waals surface area contributed by atoms with Gasteiger partial charge in [0.1, 0.15) is 0 Å². The second-order valence-corrected chi connectivity index (χ2v) is 4.48. The topological polar surface area (TPSA) is 50.3 Å². The number of H-pyrrole nitrogens is 1. The number of fused-ring (bicyclic) bond motifs is 1. The number of aromatic amines is 1. The van der Waals surface area contributed by atoms with Crippen LogP contribution in [0.3, 0.4) is 0 Å². The van der Waals surface area contributed by atoms with Gasteiger partial charge in [-0.05, 0) is 37.1 Å². The first-order valence-electron chi connectivity index (χ1n) is 5.84. The molecule has 0 fully saturated rings. The molecule has 0 aliphatic heterocycles. The van der Waals surface area contributed by atoms with E-state index in [0.29, 0.717) is 11.5 Å². The van der Waals surface area contributed by atoms with Crippen molar-refractivity contribution < 1.29 is 33.4 Å². The summed E-state index contributed by atoms with van der Waals surface area (Å²) in [4.78, 5) is 3.15. The number of aromatic nitrogens is 1. The molecule has 0 spiro atoms. The van der Waals surface area contributed by atoms with Gasteiger partial charge in [0.15, 0.2) is 0 Å². The van der Waals surface area contributed by atoms with Gasteiger partial charge < -0.3 is 9.52 Å². The summed E-state index contributed by atoms with van der Waals surface area (Å²) in [5.74, 6) is 0.474. The molecule has 0 aliphatic carbocycles. The number of para-hydroxylation sites is 1. The van der Waals surface area contributed by atoms with E-state index in [1.54, 1.807) is 12.1 Å². The van der Waals surface area contributed by atoms with Crippen molar-refractivity contribution in [1.29, 1.82) is 0 Å². The molecule has 0 saturated heterocycles. The summed E-state index contributed by atoms with van der Waals surface area (Å²) in [6.45, 7) is 4.09. The molecule has 90 valence electrons. The molecular weight excluding hydrogens is 233 g/mol. The molecule has 1 N–H and O–H groups in total. The molecule has 1 heterocycles. The molecule has 3 rings (SSSR count). The molecule has 0 bridgehead atoms. The minimum Gasteiger partial charge on any atom is -0.872 e. The van der Waals surface area contributed by atoms with Crippen LogP contribution < -0.4 is 29.0 Å². The second-order valence-electron chi connectivity index (χ2n) is 4.48. The smallest absolute Gasteiger partial charge is 0.872 e. The van der Waals surface area contributed by atoms with Crippen LogP contribution in [-0.2, 0) is 0 Å². The summed E-state index contributed by atoms with van der Waals surface area (Å²) in [5.41, 5.74) is 4.62. The average molecular weight is 246 g/mol. The van der Waals surface area contributed by atoms with Gasteiger partial charge in [0.05, 0.1) is 5.56 Å². The monoisotopic (exact) mass is 246 g/mol. The quantitative estimate of drug-likeness (QED) is 0.549. The third kappa shape index (κ3) is 2.40. The molecular formula is C15H13LiNO2+. The summed E-state index contributed by atoms with van der Waals surface area (Å²) in [7, 11) is 0. The van der Waals surface area contributed by atoms with Crippen LogP contribution in [0.2, 0.25) is 0 Å². The zero-order valence-electron chi connectivity index (χ0n) is 11.3. The Labute approximate surface area is 123 Å². The van der Waals surface area contributed by atoms with Crippen molar-refractivity contribution in [3.05, 3.63) is 47.5 Å². The largest absolute Gasteiger partial charge is 1.00 e. The fourth-order valence-electron chi connectivity index (χ4n) is 2.01. The Bertz CT molecular complexity index is 695. The molecule has 0 unspecified atom stereocenters. The van der Waals surface area contributed by atoms with Crippen LogP contribution in [0.4, 0.5) is 0 Å². The zero-order valence-corrected chi connectivity index (χ0v) is 11.3. The van der Waals surface area contributed by atoms with Crippen LogP contribution in [0.5, 0.6) is 5.75 Å². The molecule has 0 amide bonds. The van der Waals surface area contributed by atoms with E-state index in [1.807, 2.05) is 25.1 Å².